The first kappa shape index (κ1) is 15.6. The van der Waals surface area contributed by atoms with Gasteiger partial charge in [-0.25, -0.2) is 0 Å². The number of ether oxygens (including phenoxy) is 1. The summed E-state index contributed by atoms with van der Waals surface area (Å²) in [5.74, 6) is -0.795. The summed E-state index contributed by atoms with van der Waals surface area (Å²) >= 11 is 0. The van der Waals surface area contributed by atoms with Crippen LogP contribution in [-0.4, -0.2) is 29.5 Å². The lowest BCUT2D eigenvalue weighted by atomic mass is 9.92. The number of alkyl halides is 3. The van der Waals surface area contributed by atoms with Crippen molar-refractivity contribution in [2.75, 3.05) is 0 Å². The SMILES string of the molecule is O=C(N[C@@H]1CCCC[C@H]1O)c1ccc(OC(F)(F)F)cc1. The third-order valence-corrected chi connectivity index (χ3v) is 3.40. The van der Waals surface area contributed by atoms with Crippen molar-refractivity contribution in [1.29, 1.82) is 0 Å². The summed E-state index contributed by atoms with van der Waals surface area (Å²) in [7, 11) is 0. The lowest BCUT2D eigenvalue weighted by Crippen LogP contribution is -2.45. The lowest BCUT2D eigenvalue weighted by Gasteiger charge is -2.28. The second kappa shape index (κ2) is 6.34. The minimum atomic E-state index is -4.75. The Morgan fingerprint density at radius 3 is 2.38 bits per heavy atom. The Balaban J connectivity index is 1.96. The Hall–Kier alpha value is -1.76. The van der Waals surface area contributed by atoms with Gasteiger partial charge in [-0.1, -0.05) is 12.8 Å². The van der Waals surface area contributed by atoms with Crippen LogP contribution < -0.4 is 10.1 Å². The molecule has 21 heavy (non-hydrogen) atoms. The van der Waals surface area contributed by atoms with Crippen molar-refractivity contribution < 1.29 is 27.8 Å². The van der Waals surface area contributed by atoms with Crippen molar-refractivity contribution in [3.05, 3.63) is 29.8 Å². The average molecular weight is 303 g/mol. The molecule has 0 spiro atoms. The quantitative estimate of drug-likeness (QED) is 0.902. The minimum absolute atomic E-state index is 0.224. The topological polar surface area (TPSA) is 58.6 Å². The number of hydrogen-bond donors (Lipinski definition) is 2. The van der Waals surface area contributed by atoms with E-state index in [2.05, 4.69) is 10.1 Å². The van der Waals surface area contributed by atoms with Crippen molar-refractivity contribution in [1.82, 2.24) is 5.32 Å². The molecule has 0 radical (unpaired) electrons. The van der Waals surface area contributed by atoms with Crippen LogP contribution >= 0.6 is 0 Å². The van der Waals surface area contributed by atoms with E-state index in [1.165, 1.54) is 12.1 Å². The molecule has 0 heterocycles. The zero-order valence-corrected chi connectivity index (χ0v) is 11.2. The molecule has 1 amide bonds. The number of aliphatic hydroxyl groups is 1. The number of carbonyl (C=O) groups excluding carboxylic acids is 1. The number of aliphatic hydroxyl groups excluding tert-OH is 1. The molecule has 0 unspecified atom stereocenters. The van der Waals surface area contributed by atoms with Gasteiger partial charge in [-0.3, -0.25) is 4.79 Å². The van der Waals surface area contributed by atoms with E-state index < -0.39 is 18.4 Å². The standard InChI is InChI=1S/C14H16F3NO3/c15-14(16,17)21-10-7-5-9(6-8-10)13(20)18-11-3-1-2-4-12(11)19/h5-8,11-12,19H,1-4H2,(H,18,20)/t11-,12-/m1/s1. The molecule has 2 rings (SSSR count). The first-order chi connectivity index (χ1) is 9.85. The van der Waals surface area contributed by atoms with Gasteiger partial charge in [0.25, 0.3) is 5.91 Å². The molecule has 1 aromatic rings. The summed E-state index contributed by atoms with van der Waals surface area (Å²) in [5, 5.41) is 12.5. The van der Waals surface area contributed by atoms with Crippen LogP contribution in [0.2, 0.25) is 0 Å². The number of hydrogen-bond acceptors (Lipinski definition) is 3. The maximum Gasteiger partial charge on any atom is 0.573 e. The van der Waals surface area contributed by atoms with Gasteiger partial charge in [0, 0.05) is 5.56 Å². The normalized spacial score (nSPS) is 22.7. The van der Waals surface area contributed by atoms with E-state index in [1.54, 1.807) is 0 Å². The fraction of sp³-hybridized carbons (Fsp3) is 0.500. The van der Waals surface area contributed by atoms with Gasteiger partial charge < -0.3 is 15.2 Å². The van der Waals surface area contributed by atoms with Crippen LogP contribution in [0.1, 0.15) is 36.0 Å². The smallest absolute Gasteiger partial charge is 0.406 e. The van der Waals surface area contributed by atoms with Crippen molar-refractivity contribution in [2.45, 2.75) is 44.2 Å². The highest BCUT2D eigenvalue weighted by Crippen LogP contribution is 2.23. The molecule has 1 saturated carbocycles. The molecule has 116 valence electrons. The Morgan fingerprint density at radius 1 is 1.19 bits per heavy atom. The third kappa shape index (κ3) is 4.63. The Bertz CT molecular complexity index is 487. The summed E-state index contributed by atoms with van der Waals surface area (Å²) in [6.07, 6.45) is -2.13. The van der Waals surface area contributed by atoms with E-state index in [-0.39, 0.29) is 17.4 Å². The summed E-state index contributed by atoms with van der Waals surface area (Å²) in [4.78, 5) is 12.0. The van der Waals surface area contributed by atoms with Crippen molar-refractivity contribution >= 4 is 5.91 Å². The van der Waals surface area contributed by atoms with Gasteiger partial charge in [0.2, 0.25) is 0 Å². The molecule has 0 saturated heterocycles. The molecule has 1 aromatic carbocycles. The van der Waals surface area contributed by atoms with Crippen LogP contribution in [0.4, 0.5) is 13.2 Å². The predicted octanol–water partition coefficient (Wildman–Crippen LogP) is 2.62. The first-order valence-electron chi connectivity index (χ1n) is 6.70. The molecule has 2 N–H and O–H groups in total. The van der Waals surface area contributed by atoms with Crippen LogP contribution in [0, 0.1) is 0 Å². The van der Waals surface area contributed by atoms with Crippen molar-refractivity contribution in [2.24, 2.45) is 0 Å². The molecular formula is C14H16F3NO3. The molecule has 1 aliphatic carbocycles. The van der Waals surface area contributed by atoms with Crippen LogP contribution in [0.3, 0.4) is 0 Å². The zero-order valence-electron chi connectivity index (χ0n) is 11.2. The highest BCUT2D eigenvalue weighted by atomic mass is 19.4. The largest absolute Gasteiger partial charge is 0.573 e. The average Bonchev–Trinajstić information content (AvgIpc) is 2.40. The van der Waals surface area contributed by atoms with E-state index in [4.69, 9.17) is 0 Å². The van der Waals surface area contributed by atoms with Gasteiger partial charge in [-0.15, -0.1) is 13.2 Å². The molecule has 1 aliphatic rings. The van der Waals surface area contributed by atoms with Crippen LogP contribution in [0.25, 0.3) is 0 Å². The molecule has 0 aliphatic heterocycles. The van der Waals surface area contributed by atoms with Gasteiger partial charge in [-0.05, 0) is 37.1 Å². The summed E-state index contributed by atoms with van der Waals surface area (Å²) in [6, 6.07) is 4.37. The molecular weight excluding hydrogens is 287 g/mol. The number of benzene rings is 1. The molecule has 4 nitrogen and oxygen atoms in total. The summed E-state index contributed by atoms with van der Waals surface area (Å²) < 4.78 is 39.8. The fourth-order valence-corrected chi connectivity index (χ4v) is 2.34. The summed E-state index contributed by atoms with van der Waals surface area (Å²) in [6.45, 7) is 0. The van der Waals surface area contributed by atoms with Gasteiger partial charge in [0.1, 0.15) is 5.75 Å². The van der Waals surface area contributed by atoms with Gasteiger partial charge in [0.05, 0.1) is 12.1 Å². The van der Waals surface area contributed by atoms with E-state index in [9.17, 15) is 23.1 Å². The predicted molar refractivity (Wildman–Crippen MR) is 68.9 cm³/mol. The molecule has 0 bridgehead atoms. The fourth-order valence-electron chi connectivity index (χ4n) is 2.34. The second-order valence-corrected chi connectivity index (χ2v) is 5.00. The first-order valence-corrected chi connectivity index (χ1v) is 6.70. The van der Waals surface area contributed by atoms with Crippen molar-refractivity contribution in [3.63, 3.8) is 0 Å². The Labute approximate surface area is 119 Å². The lowest BCUT2D eigenvalue weighted by molar-refractivity contribution is -0.274. The van der Waals surface area contributed by atoms with E-state index in [0.29, 0.717) is 12.8 Å². The zero-order chi connectivity index (χ0) is 15.5. The highest BCUT2D eigenvalue weighted by Gasteiger charge is 2.31. The van der Waals surface area contributed by atoms with Crippen LogP contribution in [0.15, 0.2) is 24.3 Å². The molecule has 1 fully saturated rings. The van der Waals surface area contributed by atoms with E-state index >= 15 is 0 Å². The van der Waals surface area contributed by atoms with E-state index in [1.807, 2.05) is 0 Å². The third-order valence-electron chi connectivity index (χ3n) is 3.40. The van der Waals surface area contributed by atoms with Gasteiger partial charge in [0.15, 0.2) is 0 Å². The number of rotatable bonds is 3. The number of carbonyl (C=O) groups is 1. The maximum absolute atomic E-state index is 12.0. The van der Waals surface area contributed by atoms with Gasteiger partial charge >= 0.3 is 6.36 Å². The number of amides is 1. The van der Waals surface area contributed by atoms with Crippen LogP contribution in [-0.2, 0) is 0 Å². The maximum atomic E-state index is 12.0. The number of halogens is 3. The second-order valence-electron chi connectivity index (χ2n) is 5.00. The molecule has 0 aromatic heterocycles. The number of nitrogens with one attached hydrogen (secondary N) is 1. The molecule has 7 heteroatoms. The van der Waals surface area contributed by atoms with Crippen LogP contribution in [0.5, 0.6) is 5.75 Å². The highest BCUT2D eigenvalue weighted by molar-refractivity contribution is 5.94. The Kier molecular flexibility index (Phi) is 4.72. The van der Waals surface area contributed by atoms with Crippen molar-refractivity contribution in [3.8, 4) is 5.75 Å². The summed E-state index contributed by atoms with van der Waals surface area (Å²) in [5.41, 5.74) is 0.224. The van der Waals surface area contributed by atoms with Gasteiger partial charge in [-0.2, -0.15) is 0 Å². The minimum Gasteiger partial charge on any atom is -0.406 e. The molecule has 2 atom stereocenters. The van der Waals surface area contributed by atoms with E-state index in [0.717, 1.165) is 25.0 Å². The monoisotopic (exact) mass is 303 g/mol. The Morgan fingerprint density at radius 2 is 1.81 bits per heavy atom.